The summed E-state index contributed by atoms with van der Waals surface area (Å²) in [5, 5.41) is 3.25. The molecule has 270 valence electrons. The van der Waals surface area contributed by atoms with E-state index in [9.17, 15) is 4.79 Å². The molecule has 2 nitrogen and oxygen atoms in total. The standard InChI is InChI=1S/C55H38O2/c1-2-3-22-57-34(56)10-7-21-53(23-8-5-4-6-9-23)54-49-32-19-17-30-28-15-13-26-24-11-12-25-27-14-16-29-31-18-20-33(32)50(54)42(31)46-40(29)38(27)44-36(25)35(24)43-37(26)39(28)45(41(30)49)51-47(43)48(44)52(46)55(51,53)54/h4-6,8-9,11-20,24-25,35-36,39,41,49-50H,2-3,7,10,21-22H2,1H3. The van der Waals surface area contributed by atoms with E-state index in [1.165, 1.54) is 16.7 Å². The summed E-state index contributed by atoms with van der Waals surface area (Å²) in [4.78, 5) is 13.5. The van der Waals surface area contributed by atoms with Crippen molar-refractivity contribution in [3.8, 4) is 0 Å². The van der Waals surface area contributed by atoms with Gasteiger partial charge in [-0.2, -0.15) is 0 Å². The Morgan fingerprint density at radius 2 is 1.61 bits per heavy atom. The summed E-state index contributed by atoms with van der Waals surface area (Å²) in [6.07, 6.45) is 25.3. The number of allylic oxidation sites excluding steroid dienone is 20. The molecule has 0 amide bonds. The lowest BCUT2D eigenvalue weighted by atomic mass is 9.53. The largest absolute Gasteiger partial charge is 0.466 e. The van der Waals surface area contributed by atoms with E-state index in [0.717, 1.165) is 25.7 Å². The summed E-state index contributed by atoms with van der Waals surface area (Å²) in [5.41, 5.74) is 31.4. The van der Waals surface area contributed by atoms with Crippen molar-refractivity contribution >= 4 is 33.5 Å². The second kappa shape index (κ2) is 8.09. The van der Waals surface area contributed by atoms with Crippen LogP contribution in [0.5, 0.6) is 0 Å². The van der Waals surface area contributed by atoms with Gasteiger partial charge in [-0.15, -0.1) is 0 Å². The van der Waals surface area contributed by atoms with Crippen molar-refractivity contribution in [1.29, 1.82) is 0 Å². The molecule has 0 bridgehead atoms. The van der Waals surface area contributed by atoms with Gasteiger partial charge in [0.2, 0.25) is 0 Å². The lowest BCUT2D eigenvalue weighted by molar-refractivity contribution is -0.143. The molecule has 57 heavy (non-hydrogen) atoms. The number of esters is 1. The van der Waals surface area contributed by atoms with Crippen LogP contribution in [0.3, 0.4) is 0 Å². The molecule has 15 aliphatic rings. The lowest BCUT2D eigenvalue weighted by Gasteiger charge is -2.48. The third-order valence-electron chi connectivity index (χ3n) is 19.5. The van der Waals surface area contributed by atoms with Crippen LogP contribution in [0.2, 0.25) is 0 Å². The first-order valence-corrected chi connectivity index (χ1v) is 22.3. The molecular weight excluding hydrogens is 693 g/mol. The summed E-state index contributed by atoms with van der Waals surface area (Å²) < 4.78 is 5.88. The summed E-state index contributed by atoms with van der Waals surface area (Å²) in [7, 11) is 0. The number of fused-ring (bicyclic) bond motifs is 3. The number of carbonyl (C=O) groups is 1. The number of unbranched alkanes of at least 4 members (excludes halogenated alkanes) is 1. The van der Waals surface area contributed by atoms with Crippen molar-refractivity contribution in [2.75, 3.05) is 6.61 Å². The molecule has 15 aliphatic carbocycles. The highest BCUT2D eigenvalue weighted by atomic mass is 16.5. The second-order valence-electron chi connectivity index (χ2n) is 20.3. The summed E-state index contributed by atoms with van der Waals surface area (Å²) in [6.45, 7) is 2.71. The second-order valence-corrected chi connectivity index (χ2v) is 20.3. The first-order chi connectivity index (χ1) is 28.2. The Labute approximate surface area is 331 Å². The van der Waals surface area contributed by atoms with Crippen LogP contribution in [0.4, 0.5) is 0 Å². The predicted octanol–water partition coefficient (Wildman–Crippen LogP) is 11.0. The van der Waals surface area contributed by atoms with Crippen LogP contribution < -0.4 is 0 Å². The third-order valence-corrected chi connectivity index (χ3v) is 19.5. The van der Waals surface area contributed by atoms with E-state index in [0.29, 0.717) is 60.4 Å². The molecule has 0 radical (unpaired) electrons. The van der Waals surface area contributed by atoms with Crippen LogP contribution in [0.15, 0.2) is 141 Å². The highest BCUT2D eigenvalue weighted by molar-refractivity contribution is 6.26. The highest BCUT2D eigenvalue weighted by Gasteiger charge is 2.99. The van der Waals surface area contributed by atoms with Gasteiger partial charge < -0.3 is 4.74 Å². The van der Waals surface area contributed by atoms with Gasteiger partial charge in [0.25, 0.3) is 0 Å². The maximum absolute atomic E-state index is 13.5. The minimum absolute atomic E-state index is 0.0109. The fraction of sp³-hybridized carbons (Fsp3) is 0.327. The fourth-order valence-corrected chi connectivity index (χ4v) is 18.9. The molecule has 3 aromatic rings. The molecule has 11 atom stereocenters. The quantitative estimate of drug-likeness (QED) is 0.131. The first kappa shape index (κ1) is 28.2. The Hall–Kier alpha value is -5.21. The Morgan fingerprint density at radius 3 is 2.53 bits per heavy atom. The number of benzene rings is 3. The van der Waals surface area contributed by atoms with Crippen LogP contribution in [-0.4, -0.2) is 12.6 Å². The smallest absolute Gasteiger partial charge is 0.305 e. The molecular formula is C55H38O2. The number of rotatable bonds is 8. The Morgan fingerprint density at radius 1 is 0.772 bits per heavy atom. The molecule has 0 saturated heterocycles. The fourth-order valence-electron chi connectivity index (χ4n) is 18.9. The van der Waals surface area contributed by atoms with Crippen molar-refractivity contribution < 1.29 is 9.53 Å². The van der Waals surface area contributed by atoms with E-state index >= 15 is 0 Å². The average molecular weight is 731 g/mol. The zero-order valence-corrected chi connectivity index (χ0v) is 31.8. The number of ether oxygens (including phenoxy) is 1. The third kappa shape index (κ3) is 2.19. The van der Waals surface area contributed by atoms with Crippen LogP contribution in [0.1, 0.15) is 89.8 Å². The van der Waals surface area contributed by atoms with E-state index in [-0.39, 0.29) is 22.2 Å². The zero-order chi connectivity index (χ0) is 36.4. The van der Waals surface area contributed by atoms with Gasteiger partial charge in [-0.05, 0) is 136 Å². The van der Waals surface area contributed by atoms with Gasteiger partial charge in [0.05, 0.1) is 6.61 Å². The zero-order valence-electron chi connectivity index (χ0n) is 31.8. The minimum atomic E-state index is -0.145. The van der Waals surface area contributed by atoms with Crippen LogP contribution >= 0.6 is 0 Å². The molecule has 0 heterocycles. The Bertz CT molecular complexity index is 3180. The molecule has 1 fully saturated rings. The predicted molar refractivity (Wildman–Crippen MR) is 221 cm³/mol. The van der Waals surface area contributed by atoms with Crippen molar-refractivity contribution in [2.24, 2.45) is 40.9 Å². The summed E-state index contributed by atoms with van der Waals surface area (Å²) in [6, 6.07) is 17.1. The van der Waals surface area contributed by atoms with Crippen LogP contribution in [-0.2, 0) is 20.4 Å². The minimum Gasteiger partial charge on any atom is -0.466 e. The average Bonchev–Trinajstić information content (AvgIpc) is 3.89. The van der Waals surface area contributed by atoms with Gasteiger partial charge in [0, 0.05) is 70.0 Å². The van der Waals surface area contributed by atoms with Crippen molar-refractivity contribution in [1.82, 2.24) is 0 Å². The van der Waals surface area contributed by atoms with Gasteiger partial charge in [0.1, 0.15) is 0 Å². The molecule has 0 aromatic heterocycles. The maximum atomic E-state index is 13.5. The topological polar surface area (TPSA) is 26.3 Å². The van der Waals surface area contributed by atoms with Gasteiger partial charge in [-0.3, -0.25) is 4.79 Å². The van der Waals surface area contributed by atoms with Crippen molar-refractivity contribution in [3.63, 3.8) is 0 Å². The molecule has 2 spiro atoms. The number of hydrogen-bond donors (Lipinski definition) is 0. The normalized spacial score (nSPS) is 40.7. The number of hydrogen-bond acceptors (Lipinski definition) is 2. The molecule has 2 heteroatoms. The van der Waals surface area contributed by atoms with Crippen LogP contribution in [0, 0.1) is 40.9 Å². The summed E-state index contributed by atoms with van der Waals surface area (Å²) >= 11 is 0. The van der Waals surface area contributed by atoms with Crippen molar-refractivity contribution in [2.45, 2.75) is 61.7 Å². The lowest BCUT2D eigenvalue weighted by Crippen LogP contribution is -2.43. The van der Waals surface area contributed by atoms with E-state index in [1.54, 1.807) is 99.9 Å². The van der Waals surface area contributed by atoms with Crippen molar-refractivity contribution in [3.05, 3.63) is 180 Å². The van der Waals surface area contributed by atoms with Gasteiger partial charge in [-0.1, -0.05) is 104 Å². The van der Waals surface area contributed by atoms with Gasteiger partial charge >= 0.3 is 5.97 Å². The Kier molecular flexibility index (Phi) is 4.00. The molecule has 0 N–H and O–H groups in total. The molecule has 0 aliphatic heterocycles. The molecule has 1 saturated carbocycles. The molecule has 18 rings (SSSR count). The molecule has 3 aromatic carbocycles. The highest BCUT2D eigenvalue weighted by Crippen LogP contribution is 3.02. The van der Waals surface area contributed by atoms with E-state index in [4.69, 9.17) is 4.74 Å². The number of carbonyl (C=O) groups excluding carboxylic acids is 1. The Balaban J connectivity index is 1.06. The SMILES string of the molecule is CCCCOC(=O)CCCC1(c2ccccc2)C23C4=C5C6C7=C8C=CC9=C%10C=CC%11=C(c%12c2c2c%13c%14c(ccc%11c%12%14)C%11C=CC%12C(=C6C(=C42)C%12C%13%11)C=C7)C%10C13C9C85. The monoisotopic (exact) mass is 730 g/mol. The maximum Gasteiger partial charge on any atom is 0.305 e. The van der Waals surface area contributed by atoms with Gasteiger partial charge in [0.15, 0.2) is 0 Å². The first-order valence-electron chi connectivity index (χ1n) is 22.3. The van der Waals surface area contributed by atoms with Crippen LogP contribution in [0.25, 0.3) is 27.5 Å². The summed E-state index contributed by atoms with van der Waals surface area (Å²) in [5.74, 6) is 3.46. The van der Waals surface area contributed by atoms with Gasteiger partial charge in [-0.25, -0.2) is 0 Å². The van der Waals surface area contributed by atoms with E-state index in [1.807, 2.05) is 0 Å². The molecule has 11 unspecified atom stereocenters. The van der Waals surface area contributed by atoms with E-state index in [2.05, 4.69) is 98.0 Å². The van der Waals surface area contributed by atoms with E-state index < -0.39 is 0 Å².